The van der Waals surface area contributed by atoms with Crippen LogP contribution in [0.3, 0.4) is 0 Å². The molecule has 1 heterocycles. The molecule has 0 atom stereocenters. The SMILES string of the molecule is CCn1c(SCC(=O)Nc2ccc(C)c(C)c2)nnc1-c1ccccc1. The summed E-state index contributed by atoms with van der Waals surface area (Å²) in [5.74, 6) is 1.06. The monoisotopic (exact) mass is 366 g/mol. The van der Waals surface area contributed by atoms with Gasteiger partial charge in [-0.15, -0.1) is 10.2 Å². The molecule has 0 fully saturated rings. The van der Waals surface area contributed by atoms with Gasteiger partial charge in [-0.3, -0.25) is 4.79 Å². The fourth-order valence-electron chi connectivity index (χ4n) is 2.63. The first kappa shape index (κ1) is 18.2. The molecule has 0 spiro atoms. The zero-order valence-electron chi connectivity index (χ0n) is 15.2. The number of thioether (sulfide) groups is 1. The lowest BCUT2D eigenvalue weighted by atomic mass is 10.1. The van der Waals surface area contributed by atoms with Crippen molar-refractivity contribution in [1.82, 2.24) is 14.8 Å². The number of hydrogen-bond acceptors (Lipinski definition) is 4. The number of carbonyl (C=O) groups is 1. The van der Waals surface area contributed by atoms with Crippen molar-refractivity contribution in [2.24, 2.45) is 0 Å². The van der Waals surface area contributed by atoms with E-state index in [9.17, 15) is 4.79 Å². The number of nitrogens with one attached hydrogen (secondary N) is 1. The maximum Gasteiger partial charge on any atom is 0.234 e. The summed E-state index contributed by atoms with van der Waals surface area (Å²) in [5.41, 5.74) is 4.21. The van der Waals surface area contributed by atoms with Crippen LogP contribution >= 0.6 is 11.8 Å². The average Bonchev–Trinajstić information content (AvgIpc) is 3.07. The van der Waals surface area contributed by atoms with E-state index >= 15 is 0 Å². The molecule has 2 aromatic carbocycles. The third kappa shape index (κ3) is 4.14. The van der Waals surface area contributed by atoms with Gasteiger partial charge in [0.05, 0.1) is 5.75 Å². The lowest BCUT2D eigenvalue weighted by Gasteiger charge is -2.09. The topological polar surface area (TPSA) is 59.8 Å². The molecule has 0 bridgehead atoms. The molecule has 0 aliphatic carbocycles. The predicted molar refractivity (Wildman–Crippen MR) is 106 cm³/mol. The first-order valence-electron chi connectivity index (χ1n) is 8.57. The van der Waals surface area contributed by atoms with Crippen molar-refractivity contribution in [2.75, 3.05) is 11.1 Å². The Morgan fingerprint density at radius 2 is 1.85 bits per heavy atom. The van der Waals surface area contributed by atoms with Gasteiger partial charge in [0.15, 0.2) is 11.0 Å². The highest BCUT2D eigenvalue weighted by atomic mass is 32.2. The highest BCUT2D eigenvalue weighted by Gasteiger charge is 2.14. The van der Waals surface area contributed by atoms with Crippen molar-refractivity contribution in [1.29, 1.82) is 0 Å². The largest absolute Gasteiger partial charge is 0.325 e. The van der Waals surface area contributed by atoms with Crippen LogP contribution in [0.2, 0.25) is 0 Å². The molecule has 1 N–H and O–H groups in total. The van der Waals surface area contributed by atoms with Crippen LogP contribution in [0, 0.1) is 13.8 Å². The smallest absolute Gasteiger partial charge is 0.234 e. The fourth-order valence-corrected chi connectivity index (χ4v) is 3.43. The number of aryl methyl sites for hydroxylation is 2. The maximum absolute atomic E-state index is 12.3. The summed E-state index contributed by atoms with van der Waals surface area (Å²) in [4.78, 5) is 12.3. The molecule has 1 amide bonds. The molecular weight excluding hydrogens is 344 g/mol. The van der Waals surface area contributed by atoms with Gasteiger partial charge in [-0.05, 0) is 44.0 Å². The first-order valence-corrected chi connectivity index (χ1v) is 9.55. The Kier molecular flexibility index (Phi) is 5.73. The molecule has 134 valence electrons. The minimum absolute atomic E-state index is 0.0508. The van der Waals surface area contributed by atoms with Gasteiger partial charge in [-0.1, -0.05) is 48.2 Å². The molecule has 0 saturated carbocycles. The molecule has 0 unspecified atom stereocenters. The van der Waals surface area contributed by atoms with Gasteiger partial charge >= 0.3 is 0 Å². The van der Waals surface area contributed by atoms with Crippen molar-refractivity contribution < 1.29 is 4.79 Å². The third-order valence-electron chi connectivity index (χ3n) is 4.19. The molecule has 5 nitrogen and oxygen atoms in total. The number of amides is 1. The van der Waals surface area contributed by atoms with Crippen LogP contribution in [-0.2, 0) is 11.3 Å². The molecular formula is C20H22N4OS. The molecule has 0 radical (unpaired) electrons. The second kappa shape index (κ2) is 8.19. The van der Waals surface area contributed by atoms with E-state index in [1.807, 2.05) is 60.0 Å². The molecule has 0 saturated heterocycles. The van der Waals surface area contributed by atoms with Crippen LogP contribution in [0.15, 0.2) is 53.7 Å². The number of benzene rings is 2. The number of nitrogens with zero attached hydrogens (tertiary/aromatic N) is 3. The van der Waals surface area contributed by atoms with Crippen LogP contribution in [0.5, 0.6) is 0 Å². The molecule has 3 aromatic rings. The van der Waals surface area contributed by atoms with Gasteiger partial charge in [0.2, 0.25) is 5.91 Å². The van der Waals surface area contributed by atoms with Crippen molar-refractivity contribution >= 4 is 23.4 Å². The maximum atomic E-state index is 12.3. The highest BCUT2D eigenvalue weighted by Crippen LogP contribution is 2.24. The van der Waals surface area contributed by atoms with Crippen molar-refractivity contribution in [3.63, 3.8) is 0 Å². The van der Waals surface area contributed by atoms with Gasteiger partial charge < -0.3 is 9.88 Å². The normalized spacial score (nSPS) is 10.7. The average molecular weight is 366 g/mol. The van der Waals surface area contributed by atoms with Crippen molar-refractivity contribution in [3.8, 4) is 11.4 Å². The summed E-state index contributed by atoms with van der Waals surface area (Å²) < 4.78 is 2.03. The molecule has 1 aromatic heterocycles. The van der Waals surface area contributed by atoms with E-state index in [0.717, 1.165) is 34.3 Å². The number of aromatic nitrogens is 3. The molecule has 0 aliphatic rings. The van der Waals surface area contributed by atoms with Crippen LogP contribution in [0.1, 0.15) is 18.1 Å². The van der Waals surface area contributed by atoms with Gasteiger partial charge in [0.25, 0.3) is 0 Å². The second-order valence-corrected chi connectivity index (χ2v) is 6.99. The van der Waals surface area contributed by atoms with Crippen LogP contribution in [0.25, 0.3) is 11.4 Å². The molecule has 6 heteroatoms. The van der Waals surface area contributed by atoms with E-state index in [-0.39, 0.29) is 5.91 Å². The van der Waals surface area contributed by atoms with Crippen molar-refractivity contribution in [3.05, 3.63) is 59.7 Å². The lowest BCUT2D eigenvalue weighted by Crippen LogP contribution is -2.14. The van der Waals surface area contributed by atoms with Gasteiger partial charge in [-0.25, -0.2) is 0 Å². The molecule has 0 aliphatic heterocycles. The summed E-state index contributed by atoms with van der Waals surface area (Å²) in [7, 11) is 0. The molecule has 26 heavy (non-hydrogen) atoms. The standard InChI is InChI=1S/C20H22N4OS/c1-4-24-19(16-8-6-5-7-9-16)22-23-20(24)26-13-18(25)21-17-11-10-14(2)15(3)12-17/h5-12H,4,13H2,1-3H3,(H,21,25). The van der Waals surface area contributed by atoms with E-state index in [2.05, 4.69) is 29.4 Å². The zero-order valence-corrected chi connectivity index (χ0v) is 16.0. The van der Waals surface area contributed by atoms with E-state index in [4.69, 9.17) is 0 Å². The van der Waals surface area contributed by atoms with E-state index in [1.165, 1.54) is 17.3 Å². The summed E-state index contributed by atoms with van der Waals surface area (Å²) in [6.07, 6.45) is 0. The Morgan fingerprint density at radius 3 is 2.54 bits per heavy atom. The Labute approximate surface area is 157 Å². The van der Waals surface area contributed by atoms with Crippen LogP contribution in [-0.4, -0.2) is 26.4 Å². The van der Waals surface area contributed by atoms with Crippen LogP contribution < -0.4 is 5.32 Å². The minimum Gasteiger partial charge on any atom is -0.325 e. The quantitative estimate of drug-likeness (QED) is 0.660. The van der Waals surface area contributed by atoms with E-state index in [1.54, 1.807) is 0 Å². The first-order chi connectivity index (χ1) is 12.6. The van der Waals surface area contributed by atoms with Gasteiger partial charge in [0, 0.05) is 17.8 Å². The third-order valence-corrected chi connectivity index (χ3v) is 5.15. The van der Waals surface area contributed by atoms with E-state index < -0.39 is 0 Å². The zero-order chi connectivity index (χ0) is 18.5. The second-order valence-electron chi connectivity index (χ2n) is 6.05. The summed E-state index contributed by atoms with van der Waals surface area (Å²) >= 11 is 1.40. The Balaban J connectivity index is 1.67. The van der Waals surface area contributed by atoms with Crippen molar-refractivity contribution in [2.45, 2.75) is 32.5 Å². The Bertz CT molecular complexity index is 905. The van der Waals surface area contributed by atoms with E-state index in [0.29, 0.717) is 5.75 Å². The summed E-state index contributed by atoms with van der Waals surface area (Å²) in [6, 6.07) is 15.9. The number of carbonyl (C=O) groups excluding carboxylic acids is 1. The Hall–Kier alpha value is -2.60. The lowest BCUT2D eigenvalue weighted by molar-refractivity contribution is -0.113. The van der Waals surface area contributed by atoms with Gasteiger partial charge in [-0.2, -0.15) is 0 Å². The number of anilines is 1. The minimum atomic E-state index is -0.0508. The Morgan fingerprint density at radius 1 is 1.08 bits per heavy atom. The molecule has 3 rings (SSSR count). The van der Waals surface area contributed by atoms with Crippen LogP contribution in [0.4, 0.5) is 5.69 Å². The predicted octanol–water partition coefficient (Wildman–Crippen LogP) is 4.31. The number of hydrogen-bond donors (Lipinski definition) is 1. The highest BCUT2D eigenvalue weighted by molar-refractivity contribution is 7.99. The summed E-state index contributed by atoms with van der Waals surface area (Å²) in [5, 5.41) is 12.3. The number of rotatable bonds is 6. The summed E-state index contributed by atoms with van der Waals surface area (Å²) in [6.45, 7) is 6.89. The van der Waals surface area contributed by atoms with Gasteiger partial charge in [0.1, 0.15) is 0 Å². The fraction of sp³-hybridized carbons (Fsp3) is 0.250.